The zero-order chi connectivity index (χ0) is 13.8. The molecule has 0 spiro atoms. The number of hydrogen-bond donors (Lipinski definition) is 2. The first-order chi connectivity index (χ1) is 9.06. The SMILES string of the molecule is Cc1ccc(C(=O)Cc2ccc(C(=N)N)cc2)cc1. The van der Waals surface area contributed by atoms with E-state index in [-0.39, 0.29) is 11.6 Å². The Hall–Kier alpha value is -2.42. The molecule has 0 saturated carbocycles. The second-order valence-corrected chi connectivity index (χ2v) is 4.58. The second kappa shape index (κ2) is 5.48. The van der Waals surface area contributed by atoms with Gasteiger partial charge in [0, 0.05) is 17.5 Å². The minimum atomic E-state index is 0.0383. The molecule has 3 nitrogen and oxygen atoms in total. The van der Waals surface area contributed by atoms with E-state index in [1.807, 2.05) is 43.3 Å². The zero-order valence-electron chi connectivity index (χ0n) is 10.8. The fourth-order valence-corrected chi connectivity index (χ4v) is 1.83. The van der Waals surface area contributed by atoms with E-state index in [1.165, 1.54) is 0 Å². The molecule has 0 heterocycles. The molecule has 0 amide bonds. The molecule has 0 radical (unpaired) electrons. The smallest absolute Gasteiger partial charge is 0.167 e. The van der Waals surface area contributed by atoms with Crippen molar-refractivity contribution >= 4 is 11.6 Å². The van der Waals surface area contributed by atoms with Crippen molar-refractivity contribution in [2.75, 3.05) is 0 Å². The molecule has 0 aliphatic heterocycles. The predicted octanol–water partition coefficient (Wildman–Crippen LogP) is 2.70. The molecule has 19 heavy (non-hydrogen) atoms. The maximum atomic E-state index is 12.1. The summed E-state index contributed by atoms with van der Waals surface area (Å²) in [4.78, 5) is 12.1. The van der Waals surface area contributed by atoms with E-state index < -0.39 is 0 Å². The van der Waals surface area contributed by atoms with Crippen LogP contribution in [0.3, 0.4) is 0 Å². The van der Waals surface area contributed by atoms with Gasteiger partial charge >= 0.3 is 0 Å². The van der Waals surface area contributed by atoms with Gasteiger partial charge in [-0.25, -0.2) is 0 Å². The molecule has 3 N–H and O–H groups in total. The number of benzene rings is 2. The number of ketones is 1. The Morgan fingerprint density at radius 2 is 1.53 bits per heavy atom. The van der Waals surface area contributed by atoms with E-state index in [1.54, 1.807) is 12.1 Å². The van der Waals surface area contributed by atoms with Gasteiger partial charge < -0.3 is 5.73 Å². The fourth-order valence-electron chi connectivity index (χ4n) is 1.83. The van der Waals surface area contributed by atoms with Gasteiger partial charge in [0.25, 0.3) is 0 Å². The summed E-state index contributed by atoms with van der Waals surface area (Å²) >= 11 is 0. The Morgan fingerprint density at radius 3 is 2.05 bits per heavy atom. The van der Waals surface area contributed by atoms with Crippen LogP contribution < -0.4 is 5.73 Å². The van der Waals surface area contributed by atoms with Crippen LogP contribution in [0.4, 0.5) is 0 Å². The lowest BCUT2D eigenvalue weighted by Gasteiger charge is -2.04. The van der Waals surface area contributed by atoms with Crippen molar-refractivity contribution in [1.29, 1.82) is 5.41 Å². The summed E-state index contributed by atoms with van der Waals surface area (Å²) in [6.45, 7) is 1.99. The molecule has 0 bridgehead atoms. The molecule has 2 aromatic carbocycles. The average Bonchev–Trinajstić information content (AvgIpc) is 2.40. The molecule has 0 aliphatic carbocycles. The molecular weight excluding hydrogens is 236 g/mol. The number of nitrogens with one attached hydrogen (secondary N) is 1. The molecule has 0 aromatic heterocycles. The van der Waals surface area contributed by atoms with Gasteiger partial charge in [-0.05, 0) is 12.5 Å². The lowest BCUT2D eigenvalue weighted by molar-refractivity contribution is 0.0993. The van der Waals surface area contributed by atoms with Gasteiger partial charge in [0.15, 0.2) is 5.78 Å². The second-order valence-electron chi connectivity index (χ2n) is 4.58. The summed E-state index contributed by atoms with van der Waals surface area (Å²) in [5, 5.41) is 7.31. The van der Waals surface area contributed by atoms with Gasteiger partial charge in [0.1, 0.15) is 5.84 Å². The van der Waals surface area contributed by atoms with Crippen LogP contribution in [0.2, 0.25) is 0 Å². The normalized spacial score (nSPS) is 10.2. The third kappa shape index (κ3) is 3.28. The molecular formula is C16H16N2O. The highest BCUT2D eigenvalue weighted by molar-refractivity contribution is 5.98. The topological polar surface area (TPSA) is 66.9 Å². The standard InChI is InChI=1S/C16H16N2O/c1-11-2-6-13(7-3-11)15(19)10-12-4-8-14(9-5-12)16(17)18/h2-9H,10H2,1H3,(H3,17,18). The Balaban J connectivity index is 2.10. The molecule has 2 rings (SSSR count). The zero-order valence-corrected chi connectivity index (χ0v) is 10.8. The van der Waals surface area contributed by atoms with Gasteiger partial charge in [0.2, 0.25) is 0 Å². The van der Waals surface area contributed by atoms with Crippen molar-refractivity contribution in [2.45, 2.75) is 13.3 Å². The maximum absolute atomic E-state index is 12.1. The average molecular weight is 252 g/mol. The lowest BCUT2D eigenvalue weighted by Crippen LogP contribution is -2.11. The number of nitrogens with two attached hydrogens (primary N) is 1. The number of carbonyl (C=O) groups is 1. The molecule has 3 heteroatoms. The molecule has 0 atom stereocenters. The van der Waals surface area contributed by atoms with Crippen molar-refractivity contribution in [1.82, 2.24) is 0 Å². The first-order valence-corrected chi connectivity index (χ1v) is 6.09. The van der Waals surface area contributed by atoms with Crippen LogP contribution >= 0.6 is 0 Å². The van der Waals surface area contributed by atoms with Crippen molar-refractivity contribution in [3.05, 3.63) is 70.8 Å². The molecule has 0 aliphatic rings. The van der Waals surface area contributed by atoms with E-state index >= 15 is 0 Å². The van der Waals surface area contributed by atoms with Gasteiger partial charge in [-0.3, -0.25) is 10.2 Å². The number of nitrogen functional groups attached to an aromatic ring is 1. The summed E-state index contributed by atoms with van der Waals surface area (Å²) in [6.07, 6.45) is 0.362. The highest BCUT2D eigenvalue weighted by atomic mass is 16.1. The monoisotopic (exact) mass is 252 g/mol. The number of Topliss-reactive ketones (excluding diaryl/α,β-unsaturated/α-hetero) is 1. The van der Waals surface area contributed by atoms with Crippen molar-refractivity contribution < 1.29 is 4.79 Å². The number of amidine groups is 1. The van der Waals surface area contributed by atoms with E-state index in [4.69, 9.17) is 11.1 Å². The van der Waals surface area contributed by atoms with Gasteiger partial charge in [0.05, 0.1) is 0 Å². The van der Waals surface area contributed by atoms with Gasteiger partial charge in [-0.15, -0.1) is 0 Å². The maximum Gasteiger partial charge on any atom is 0.167 e. The Bertz CT molecular complexity index is 598. The third-order valence-electron chi connectivity index (χ3n) is 3.00. The van der Waals surface area contributed by atoms with Crippen LogP contribution in [0.5, 0.6) is 0 Å². The summed E-state index contributed by atoms with van der Waals surface area (Å²) in [6, 6.07) is 14.8. The molecule has 0 saturated heterocycles. The third-order valence-corrected chi connectivity index (χ3v) is 3.00. The number of rotatable bonds is 4. The van der Waals surface area contributed by atoms with Crippen LogP contribution in [0.1, 0.15) is 27.0 Å². The van der Waals surface area contributed by atoms with Crippen LogP contribution in [-0.2, 0) is 6.42 Å². The highest BCUT2D eigenvalue weighted by Gasteiger charge is 2.07. The van der Waals surface area contributed by atoms with Crippen molar-refractivity contribution in [3.8, 4) is 0 Å². The van der Waals surface area contributed by atoms with Crippen LogP contribution in [0.25, 0.3) is 0 Å². The summed E-state index contributed by atoms with van der Waals surface area (Å²) in [5.74, 6) is 0.131. The Kier molecular flexibility index (Phi) is 3.76. The molecule has 0 fully saturated rings. The highest BCUT2D eigenvalue weighted by Crippen LogP contribution is 2.10. The lowest BCUT2D eigenvalue weighted by atomic mass is 10.0. The van der Waals surface area contributed by atoms with Crippen LogP contribution in [-0.4, -0.2) is 11.6 Å². The first kappa shape index (κ1) is 13.0. The van der Waals surface area contributed by atoms with E-state index in [9.17, 15) is 4.79 Å². The van der Waals surface area contributed by atoms with Crippen molar-refractivity contribution in [3.63, 3.8) is 0 Å². The van der Waals surface area contributed by atoms with Gasteiger partial charge in [-0.1, -0.05) is 54.1 Å². The van der Waals surface area contributed by atoms with E-state index in [2.05, 4.69) is 0 Å². The largest absolute Gasteiger partial charge is 0.384 e. The minimum Gasteiger partial charge on any atom is -0.384 e. The van der Waals surface area contributed by atoms with E-state index in [0.717, 1.165) is 16.7 Å². The van der Waals surface area contributed by atoms with E-state index in [0.29, 0.717) is 12.0 Å². The Morgan fingerprint density at radius 1 is 1.00 bits per heavy atom. The fraction of sp³-hybridized carbons (Fsp3) is 0.125. The van der Waals surface area contributed by atoms with Crippen LogP contribution in [0.15, 0.2) is 48.5 Å². The molecule has 2 aromatic rings. The number of aryl methyl sites for hydroxylation is 1. The number of hydrogen-bond acceptors (Lipinski definition) is 2. The first-order valence-electron chi connectivity index (χ1n) is 6.09. The Labute approximate surface area is 112 Å². The summed E-state index contributed by atoms with van der Waals surface area (Å²) in [5.41, 5.74) is 8.85. The number of carbonyl (C=O) groups excluding carboxylic acids is 1. The van der Waals surface area contributed by atoms with Crippen molar-refractivity contribution in [2.24, 2.45) is 5.73 Å². The predicted molar refractivity (Wildman–Crippen MR) is 76.7 cm³/mol. The summed E-state index contributed by atoms with van der Waals surface area (Å²) < 4.78 is 0. The molecule has 96 valence electrons. The minimum absolute atomic E-state index is 0.0383. The summed E-state index contributed by atoms with van der Waals surface area (Å²) in [7, 11) is 0. The molecule has 0 unspecified atom stereocenters. The van der Waals surface area contributed by atoms with Crippen LogP contribution in [0, 0.1) is 12.3 Å². The quantitative estimate of drug-likeness (QED) is 0.499. The van der Waals surface area contributed by atoms with Gasteiger partial charge in [-0.2, -0.15) is 0 Å².